The molecule has 2 rings (SSSR count). The Balaban J connectivity index is 1.62. The fourth-order valence-corrected chi connectivity index (χ4v) is 1.93. The van der Waals surface area contributed by atoms with Gasteiger partial charge in [0.1, 0.15) is 0 Å². The molecule has 0 saturated heterocycles. The summed E-state index contributed by atoms with van der Waals surface area (Å²) in [5.41, 5.74) is 0.694. The van der Waals surface area contributed by atoms with E-state index in [0.717, 1.165) is 12.8 Å². The van der Waals surface area contributed by atoms with Gasteiger partial charge in [-0.05, 0) is 37.5 Å². The van der Waals surface area contributed by atoms with E-state index in [-0.39, 0.29) is 17.7 Å². The van der Waals surface area contributed by atoms with E-state index in [1.54, 1.807) is 24.3 Å². The van der Waals surface area contributed by atoms with Gasteiger partial charge in [-0.3, -0.25) is 9.59 Å². The van der Waals surface area contributed by atoms with Crippen LogP contribution in [0.15, 0.2) is 24.3 Å². The first-order valence-corrected chi connectivity index (χ1v) is 6.86. The molecule has 0 aliphatic heterocycles. The number of benzene rings is 1. The molecule has 19 heavy (non-hydrogen) atoms. The van der Waals surface area contributed by atoms with E-state index in [0.29, 0.717) is 30.1 Å². The molecule has 1 aromatic carbocycles. The number of carbonyl (C=O) groups is 2. The van der Waals surface area contributed by atoms with Crippen molar-refractivity contribution in [2.45, 2.75) is 25.7 Å². The zero-order valence-corrected chi connectivity index (χ0v) is 11.4. The summed E-state index contributed by atoms with van der Waals surface area (Å²) in [7, 11) is 0. The lowest BCUT2D eigenvalue weighted by molar-refractivity contribution is -0.122. The molecule has 5 heteroatoms. The molecule has 0 unspecified atom stereocenters. The van der Waals surface area contributed by atoms with Crippen LogP contribution in [0, 0.1) is 5.92 Å². The lowest BCUT2D eigenvalue weighted by Crippen LogP contribution is -2.26. The van der Waals surface area contributed by atoms with Crippen LogP contribution >= 0.6 is 11.6 Å². The van der Waals surface area contributed by atoms with Gasteiger partial charge < -0.3 is 10.6 Å². The molecule has 0 radical (unpaired) electrons. The van der Waals surface area contributed by atoms with Crippen molar-refractivity contribution in [3.05, 3.63) is 29.3 Å². The van der Waals surface area contributed by atoms with Gasteiger partial charge in [0.05, 0.1) is 0 Å². The number of anilines is 1. The Bertz CT molecular complexity index is 472. The lowest BCUT2D eigenvalue weighted by atomic mass is 10.2. The quantitative estimate of drug-likeness (QED) is 0.787. The molecule has 102 valence electrons. The average Bonchev–Trinajstić information content (AvgIpc) is 3.18. The van der Waals surface area contributed by atoms with Crippen LogP contribution in [0.4, 0.5) is 5.69 Å². The van der Waals surface area contributed by atoms with E-state index < -0.39 is 0 Å². The fraction of sp³-hybridized carbons (Fsp3) is 0.429. The van der Waals surface area contributed by atoms with Gasteiger partial charge in [-0.2, -0.15) is 0 Å². The van der Waals surface area contributed by atoms with Crippen LogP contribution in [0.1, 0.15) is 25.7 Å². The van der Waals surface area contributed by atoms with Crippen molar-refractivity contribution < 1.29 is 9.59 Å². The average molecular weight is 281 g/mol. The molecule has 0 spiro atoms. The number of halogens is 1. The van der Waals surface area contributed by atoms with Gasteiger partial charge in [0, 0.05) is 29.6 Å². The standard InChI is InChI=1S/C14H17ClN2O2/c15-11-3-1-4-12(9-11)17-13(18)5-2-8-16-14(19)10-6-7-10/h1,3-4,9-10H,2,5-8H2,(H,16,19)(H,17,18). The fourth-order valence-electron chi connectivity index (χ4n) is 1.74. The number of nitrogens with one attached hydrogen (secondary N) is 2. The zero-order valence-electron chi connectivity index (χ0n) is 10.6. The number of carbonyl (C=O) groups excluding carboxylic acids is 2. The van der Waals surface area contributed by atoms with Crippen molar-refractivity contribution >= 4 is 29.1 Å². The Morgan fingerprint density at radius 1 is 1.32 bits per heavy atom. The minimum atomic E-state index is -0.0667. The Kier molecular flexibility index (Phi) is 4.80. The second kappa shape index (κ2) is 6.57. The molecule has 0 heterocycles. The highest BCUT2D eigenvalue weighted by atomic mass is 35.5. The molecular formula is C14H17ClN2O2. The summed E-state index contributed by atoms with van der Waals surface area (Å²) in [4.78, 5) is 23.0. The van der Waals surface area contributed by atoms with Gasteiger partial charge >= 0.3 is 0 Å². The van der Waals surface area contributed by atoms with E-state index in [1.807, 2.05) is 0 Å². The van der Waals surface area contributed by atoms with Crippen molar-refractivity contribution in [2.75, 3.05) is 11.9 Å². The summed E-state index contributed by atoms with van der Waals surface area (Å²) in [5, 5.41) is 6.19. The molecule has 1 aliphatic carbocycles. The van der Waals surface area contributed by atoms with Crippen LogP contribution in [0.3, 0.4) is 0 Å². The summed E-state index contributed by atoms with van der Waals surface area (Å²) in [6.45, 7) is 0.554. The molecule has 1 aromatic rings. The Hall–Kier alpha value is -1.55. The molecule has 1 saturated carbocycles. The first kappa shape index (κ1) is 13.9. The minimum absolute atomic E-state index is 0.0667. The predicted molar refractivity (Wildman–Crippen MR) is 75.0 cm³/mol. The second-order valence-electron chi connectivity index (χ2n) is 4.73. The smallest absolute Gasteiger partial charge is 0.224 e. The first-order valence-electron chi connectivity index (χ1n) is 6.48. The van der Waals surface area contributed by atoms with Gasteiger partial charge in [-0.1, -0.05) is 17.7 Å². The molecule has 2 N–H and O–H groups in total. The van der Waals surface area contributed by atoms with Crippen molar-refractivity contribution in [1.82, 2.24) is 5.32 Å². The molecule has 2 amide bonds. The topological polar surface area (TPSA) is 58.2 Å². The number of hydrogen-bond donors (Lipinski definition) is 2. The molecule has 0 bridgehead atoms. The number of rotatable bonds is 6. The maximum absolute atomic E-state index is 11.6. The van der Waals surface area contributed by atoms with Gasteiger partial charge in [0.2, 0.25) is 11.8 Å². The van der Waals surface area contributed by atoms with Crippen LogP contribution in [-0.2, 0) is 9.59 Å². The lowest BCUT2D eigenvalue weighted by Gasteiger charge is -2.06. The van der Waals surface area contributed by atoms with Crippen LogP contribution in [0.2, 0.25) is 5.02 Å². The highest BCUT2D eigenvalue weighted by molar-refractivity contribution is 6.30. The van der Waals surface area contributed by atoms with Crippen LogP contribution in [-0.4, -0.2) is 18.4 Å². The highest BCUT2D eigenvalue weighted by Crippen LogP contribution is 2.28. The highest BCUT2D eigenvalue weighted by Gasteiger charge is 2.28. The largest absolute Gasteiger partial charge is 0.356 e. The molecule has 0 aromatic heterocycles. The summed E-state index contributed by atoms with van der Waals surface area (Å²) >= 11 is 5.83. The first-order chi connectivity index (χ1) is 9.15. The van der Waals surface area contributed by atoms with Crippen LogP contribution < -0.4 is 10.6 Å². The molecule has 4 nitrogen and oxygen atoms in total. The van der Waals surface area contributed by atoms with E-state index >= 15 is 0 Å². The van der Waals surface area contributed by atoms with Crippen LogP contribution in [0.25, 0.3) is 0 Å². The van der Waals surface area contributed by atoms with Gasteiger partial charge in [-0.15, -0.1) is 0 Å². The maximum Gasteiger partial charge on any atom is 0.224 e. The maximum atomic E-state index is 11.6. The Morgan fingerprint density at radius 2 is 2.11 bits per heavy atom. The number of hydrogen-bond acceptors (Lipinski definition) is 2. The Labute approximate surface area is 117 Å². The third-order valence-electron chi connectivity index (χ3n) is 2.94. The third kappa shape index (κ3) is 4.91. The SMILES string of the molecule is O=C(CCCNC(=O)C1CC1)Nc1cccc(Cl)c1. The molecule has 1 aliphatic rings. The van der Waals surface area contributed by atoms with E-state index in [4.69, 9.17) is 11.6 Å². The van der Waals surface area contributed by atoms with Crippen LogP contribution in [0.5, 0.6) is 0 Å². The second-order valence-corrected chi connectivity index (χ2v) is 5.16. The zero-order chi connectivity index (χ0) is 13.7. The summed E-state index contributed by atoms with van der Waals surface area (Å²) in [5.74, 6) is 0.276. The van der Waals surface area contributed by atoms with Crippen molar-refractivity contribution in [3.63, 3.8) is 0 Å². The van der Waals surface area contributed by atoms with E-state index in [2.05, 4.69) is 10.6 Å². The van der Waals surface area contributed by atoms with Gasteiger partial charge in [0.25, 0.3) is 0 Å². The summed E-state index contributed by atoms with van der Waals surface area (Å²) in [6.07, 6.45) is 3.03. The Morgan fingerprint density at radius 3 is 2.79 bits per heavy atom. The molecular weight excluding hydrogens is 264 g/mol. The summed E-state index contributed by atoms with van der Waals surface area (Å²) in [6, 6.07) is 7.03. The molecule has 1 fully saturated rings. The number of amides is 2. The molecule has 0 atom stereocenters. The summed E-state index contributed by atoms with van der Waals surface area (Å²) < 4.78 is 0. The van der Waals surface area contributed by atoms with Crippen molar-refractivity contribution in [2.24, 2.45) is 5.92 Å². The predicted octanol–water partition coefficient (Wildman–Crippen LogP) is 2.58. The van der Waals surface area contributed by atoms with Gasteiger partial charge in [0.15, 0.2) is 0 Å². The van der Waals surface area contributed by atoms with Gasteiger partial charge in [-0.25, -0.2) is 0 Å². The van der Waals surface area contributed by atoms with Crippen molar-refractivity contribution in [1.29, 1.82) is 0 Å². The van der Waals surface area contributed by atoms with E-state index in [9.17, 15) is 9.59 Å². The van der Waals surface area contributed by atoms with E-state index in [1.165, 1.54) is 0 Å². The van der Waals surface area contributed by atoms with Crippen molar-refractivity contribution in [3.8, 4) is 0 Å². The third-order valence-corrected chi connectivity index (χ3v) is 3.17. The normalized spacial score (nSPS) is 13.9. The monoisotopic (exact) mass is 280 g/mol. The minimum Gasteiger partial charge on any atom is -0.356 e.